The zero-order valence-electron chi connectivity index (χ0n) is 16.6. The van der Waals surface area contributed by atoms with Crippen LogP contribution >= 0.6 is 0 Å². The van der Waals surface area contributed by atoms with Gasteiger partial charge in [0.05, 0.1) is 6.26 Å². The maximum Gasteiger partial charge on any atom is 0.289 e. The Morgan fingerprint density at radius 2 is 1.90 bits per heavy atom. The molecule has 1 aromatic heterocycles. The van der Waals surface area contributed by atoms with E-state index in [4.69, 9.17) is 13.9 Å². The molecular formula is C22H27N3O4. The highest BCUT2D eigenvalue weighted by atomic mass is 16.7. The Balaban J connectivity index is 1.14. The lowest BCUT2D eigenvalue weighted by Crippen LogP contribution is -2.55. The van der Waals surface area contributed by atoms with Gasteiger partial charge in [-0.2, -0.15) is 0 Å². The fraction of sp³-hybridized carbons (Fsp3) is 0.500. The van der Waals surface area contributed by atoms with Gasteiger partial charge in [-0.1, -0.05) is 6.07 Å². The Bertz CT molecular complexity index is 846. The van der Waals surface area contributed by atoms with Crippen molar-refractivity contribution in [1.82, 2.24) is 14.7 Å². The minimum atomic E-state index is 0.0149. The maximum atomic E-state index is 12.6. The SMILES string of the molecule is O=C(c1ccco1)N1CCC[C@@H](N2CCN(Cc3ccc4c(c3)OCO4)CC2)C1. The molecule has 5 rings (SSSR count). The lowest BCUT2D eigenvalue weighted by atomic mass is 10.0. The molecule has 3 aliphatic heterocycles. The van der Waals surface area contributed by atoms with Crippen LogP contribution in [0.2, 0.25) is 0 Å². The maximum absolute atomic E-state index is 12.6. The molecule has 7 nitrogen and oxygen atoms in total. The number of hydrogen-bond acceptors (Lipinski definition) is 6. The standard InChI is InChI=1S/C22H27N3O4/c26-22(20-4-2-12-27-20)25-7-1-3-18(15-25)24-10-8-23(9-11-24)14-17-5-6-19-21(13-17)29-16-28-19/h2,4-6,12-13,18H,1,3,7-11,14-16H2/t18-/m1/s1. The number of furan rings is 1. The van der Waals surface area contributed by atoms with E-state index in [0.29, 0.717) is 18.6 Å². The van der Waals surface area contributed by atoms with Gasteiger partial charge in [0.15, 0.2) is 17.3 Å². The second-order valence-corrected chi connectivity index (χ2v) is 8.02. The molecule has 1 aromatic carbocycles. The van der Waals surface area contributed by atoms with E-state index in [0.717, 1.165) is 70.2 Å². The van der Waals surface area contributed by atoms with Crippen molar-refractivity contribution in [3.05, 3.63) is 47.9 Å². The van der Waals surface area contributed by atoms with E-state index in [2.05, 4.69) is 21.9 Å². The van der Waals surface area contributed by atoms with Crippen LogP contribution < -0.4 is 9.47 Å². The summed E-state index contributed by atoms with van der Waals surface area (Å²) in [5.41, 5.74) is 1.26. The molecule has 2 aromatic rings. The van der Waals surface area contributed by atoms with Crippen LogP contribution in [0.5, 0.6) is 11.5 Å². The summed E-state index contributed by atoms with van der Waals surface area (Å²) in [6, 6.07) is 10.2. The first kappa shape index (κ1) is 18.5. The molecule has 1 amide bonds. The van der Waals surface area contributed by atoms with E-state index in [-0.39, 0.29) is 5.91 Å². The summed E-state index contributed by atoms with van der Waals surface area (Å²) in [6.45, 7) is 7.02. The van der Waals surface area contributed by atoms with Crippen LogP contribution in [0, 0.1) is 0 Å². The smallest absolute Gasteiger partial charge is 0.289 e. The van der Waals surface area contributed by atoms with Crippen molar-refractivity contribution < 1.29 is 18.7 Å². The van der Waals surface area contributed by atoms with Crippen molar-refractivity contribution in [2.75, 3.05) is 46.1 Å². The Morgan fingerprint density at radius 1 is 1.03 bits per heavy atom. The van der Waals surface area contributed by atoms with E-state index >= 15 is 0 Å². The first-order chi connectivity index (χ1) is 14.3. The van der Waals surface area contributed by atoms with Crippen molar-refractivity contribution in [1.29, 1.82) is 0 Å². The van der Waals surface area contributed by atoms with Crippen LogP contribution in [-0.2, 0) is 6.54 Å². The first-order valence-electron chi connectivity index (χ1n) is 10.4. The van der Waals surface area contributed by atoms with E-state index < -0.39 is 0 Å². The number of carbonyl (C=O) groups is 1. The number of piperidine rings is 1. The number of nitrogens with zero attached hydrogens (tertiary/aromatic N) is 3. The van der Waals surface area contributed by atoms with Crippen LogP contribution in [-0.4, -0.2) is 72.7 Å². The number of likely N-dealkylation sites (tertiary alicyclic amines) is 1. The van der Waals surface area contributed by atoms with Crippen molar-refractivity contribution >= 4 is 5.91 Å². The fourth-order valence-corrected chi connectivity index (χ4v) is 4.58. The Labute approximate surface area is 170 Å². The van der Waals surface area contributed by atoms with Gasteiger partial charge in [0.2, 0.25) is 6.79 Å². The Hall–Kier alpha value is -2.51. The Morgan fingerprint density at radius 3 is 2.72 bits per heavy atom. The molecule has 29 heavy (non-hydrogen) atoms. The summed E-state index contributed by atoms with van der Waals surface area (Å²) in [5, 5.41) is 0. The third-order valence-corrected chi connectivity index (χ3v) is 6.18. The molecule has 4 heterocycles. The minimum Gasteiger partial charge on any atom is -0.459 e. The number of hydrogen-bond donors (Lipinski definition) is 0. The predicted octanol–water partition coefficient (Wildman–Crippen LogP) is 2.43. The molecule has 0 spiro atoms. The van der Waals surface area contributed by atoms with Gasteiger partial charge >= 0.3 is 0 Å². The zero-order valence-corrected chi connectivity index (χ0v) is 16.6. The highest BCUT2D eigenvalue weighted by molar-refractivity contribution is 5.91. The van der Waals surface area contributed by atoms with Crippen molar-refractivity contribution in [3.8, 4) is 11.5 Å². The number of benzene rings is 1. The molecule has 0 saturated carbocycles. The highest BCUT2D eigenvalue weighted by Gasteiger charge is 2.31. The van der Waals surface area contributed by atoms with Gasteiger partial charge in [-0.25, -0.2) is 0 Å². The number of amides is 1. The Kier molecular flexibility index (Phi) is 5.16. The molecule has 3 aliphatic rings. The second kappa shape index (κ2) is 8.08. The fourth-order valence-electron chi connectivity index (χ4n) is 4.58. The van der Waals surface area contributed by atoms with Gasteiger partial charge in [-0.3, -0.25) is 14.6 Å². The van der Waals surface area contributed by atoms with E-state index in [1.807, 2.05) is 11.0 Å². The first-order valence-corrected chi connectivity index (χ1v) is 10.4. The van der Waals surface area contributed by atoms with Gasteiger partial charge in [-0.15, -0.1) is 0 Å². The third kappa shape index (κ3) is 3.97. The molecule has 1 atom stereocenters. The molecular weight excluding hydrogens is 370 g/mol. The van der Waals surface area contributed by atoms with Crippen LogP contribution in [0.4, 0.5) is 0 Å². The minimum absolute atomic E-state index is 0.0149. The molecule has 0 aliphatic carbocycles. The van der Waals surface area contributed by atoms with E-state index in [1.165, 1.54) is 5.56 Å². The van der Waals surface area contributed by atoms with Gasteiger partial charge in [0, 0.05) is 51.9 Å². The number of carbonyl (C=O) groups excluding carboxylic acids is 1. The summed E-state index contributed by atoms with van der Waals surface area (Å²) < 4.78 is 16.2. The topological polar surface area (TPSA) is 58.4 Å². The van der Waals surface area contributed by atoms with E-state index in [1.54, 1.807) is 18.4 Å². The van der Waals surface area contributed by atoms with Crippen LogP contribution in [0.1, 0.15) is 29.0 Å². The van der Waals surface area contributed by atoms with Crippen LogP contribution in [0.25, 0.3) is 0 Å². The van der Waals surface area contributed by atoms with Crippen LogP contribution in [0.3, 0.4) is 0 Å². The molecule has 154 valence electrons. The largest absolute Gasteiger partial charge is 0.459 e. The van der Waals surface area contributed by atoms with Gasteiger partial charge in [-0.05, 0) is 42.7 Å². The molecule has 0 unspecified atom stereocenters. The molecule has 0 N–H and O–H groups in total. The van der Waals surface area contributed by atoms with Crippen molar-refractivity contribution in [2.24, 2.45) is 0 Å². The molecule has 0 radical (unpaired) electrons. The van der Waals surface area contributed by atoms with Crippen molar-refractivity contribution in [2.45, 2.75) is 25.4 Å². The normalized spacial score (nSPS) is 22.8. The monoisotopic (exact) mass is 397 g/mol. The van der Waals surface area contributed by atoms with Gasteiger partial charge in [0.25, 0.3) is 5.91 Å². The molecule has 2 saturated heterocycles. The average molecular weight is 397 g/mol. The third-order valence-electron chi connectivity index (χ3n) is 6.18. The molecule has 2 fully saturated rings. The molecule has 0 bridgehead atoms. The van der Waals surface area contributed by atoms with Crippen LogP contribution in [0.15, 0.2) is 41.0 Å². The number of ether oxygens (including phenoxy) is 2. The summed E-state index contributed by atoms with van der Waals surface area (Å²) in [7, 11) is 0. The summed E-state index contributed by atoms with van der Waals surface area (Å²) in [6.07, 6.45) is 3.77. The number of rotatable bonds is 4. The second-order valence-electron chi connectivity index (χ2n) is 8.02. The number of piperazine rings is 1. The summed E-state index contributed by atoms with van der Waals surface area (Å²) >= 11 is 0. The van der Waals surface area contributed by atoms with Gasteiger partial charge in [0.1, 0.15) is 0 Å². The van der Waals surface area contributed by atoms with Gasteiger partial charge < -0.3 is 18.8 Å². The average Bonchev–Trinajstić information content (AvgIpc) is 3.46. The lowest BCUT2D eigenvalue weighted by molar-refractivity contribution is 0.0389. The van der Waals surface area contributed by atoms with E-state index in [9.17, 15) is 4.79 Å². The summed E-state index contributed by atoms with van der Waals surface area (Å²) in [5.74, 6) is 2.15. The van der Waals surface area contributed by atoms with Crippen molar-refractivity contribution in [3.63, 3.8) is 0 Å². The molecule has 7 heteroatoms. The number of fused-ring (bicyclic) bond motifs is 1. The highest BCUT2D eigenvalue weighted by Crippen LogP contribution is 2.33. The predicted molar refractivity (Wildman–Crippen MR) is 107 cm³/mol. The quantitative estimate of drug-likeness (QED) is 0.790. The zero-order chi connectivity index (χ0) is 19.6. The lowest BCUT2D eigenvalue weighted by Gasteiger charge is -2.43. The summed E-state index contributed by atoms with van der Waals surface area (Å²) in [4.78, 5) is 19.6.